The van der Waals surface area contributed by atoms with Gasteiger partial charge in [0.25, 0.3) is 0 Å². The van der Waals surface area contributed by atoms with E-state index in [4.69, 9.17) is 5.73 Å². The van der Waals surface area contributed by atoms with Crippen molar-refractivity contribution in [2.75, 3.05) is 13.6 Å². The van der Waals surface area contributed by atoms with Crippen molar-refractivity contribution in [2.45, 2.75) is 25.9 Å². The van der Waals surface area contributed by atoms with Crippen LogP contribution in [0.25, 0.3) is 0 Å². The van der Waals surface area contributed by atoms with Crippen LogP contribution in [0.5, 0.6) is 0 Å². The van der Waals surface area contributed by atoms with Crippen LogP contribution in [-0.4, -0.2) is 24.5 Å². The van der Waals surface area contributed by atoms with E-state index in [1.807, 2.05) is 0 Å². The molecule has 0 saturated carbocycles. The highest BCUT2D eigenvalue weighted by Crippen LogP contribution is 2.11. The van der Waals surface area contributed by atoms with E-state index in [0.717, 1.165) is 24.0 Å². The van der Waals surface area contributed by atoms with E-state index in [1.54, 1.807) is 0 Å². The molecule has 0 bridgehead atoms. The molecule has 0 saturated heterocycles. The maximum Gasteiger partial charge on any atom is 0.0231 e. The van der Waals surface area contributed by atoms with Crippen LogP contribution in [0.4, 0.5) is 0 Å². The topological polar surface area (TPSA) is 29.3 Å². The van der Waals surface area contributed by atoms with E-state index >= 15 is 0 Å². The molecule has 1 aromatic carbocycles. The molecule has 1 atom stereocenters. The Morgan fingerprint density at radius 3 is 2.47 bits per heavy atom. The molecule has 2 N–H and O–H groups in total. The monoisotopic (exact) mass is 270 g/mol. The molecule has 0 aliphatic carbocycles. The van der Waals surface area contributed by atoms with Gasteiger partial charge in [-0.1, -0.05) is 35.0 Å². The van der Waals surface area contributed by atoms with Gasteiger partial charge in [0.2, 0.25) is 0 Å². The molecule has 84 valence electrons. The summed E-state index contributed by atoms with van der Waals surface area (Å²) in [5.41, 5.74) is 7.23. The molecule has 3 heteroatoms. The third-order valence-electron chi connectivity index (χ3n) is 2.44. The van der Waals surface area contributed by atoms with Crippen LogP contribution in [0.3, 0.4) is 0 Å². The molecule has 0 aliphatic heterocycles. The summed E-state index contributed by atoms with van der Waals surface area (Å²) in [6.07, 6.45) is 1.03. The van der Waals surface area contributed by atoms with Crippen molar-refractivity contribution in [1.82, 2.24) is 4.90 Å². The summed E-state index contributed by atoms with van der Waals surface area (Å²) >= 11 is 3.43. The van der Waals surface area contributed by atoms with Gasteiger partial charge in [0, 0.05) is 23.6 Å². The zero-order valence-electron chi connectivity index (χ0n) is 9.41. The molecule has 0 amide bonds. The summed E-state index contributed by atoms with van der Waals surface area (Å²) in [5, 5.41) is 0. The van der Waals surface area contributed by atoms with E-state index in [-0.39, 0.29) is 6.04 Å². The summed E-state index contributed by atoms with van der Waals surface area (Å²) in [7, 11) is 2.11. The fraction of sp³-hybridized carbons (Fsp3) is 0.500. The van der Waals surface area contributed by atoms with Gasteiger partial charge in [0.15, 0.2) is 0 Å². The minimum Gasteiger partial charge on any atom is -0.327 e. The Morgan fingerprint density at radius 1 is 1.33 bits per heavy atom. The first kappa shape index (κ1) is 12.7. The number of rotatable bonds is 5. The third kappa shape index (κ3) is 4.78. The zero-order valence-corrected chi connectivity index (χ0v) is 11.0. The summed E-state index contributed by atoms with van der Waals surface area (Å²) < 4.78 is 1.12. The average molecular weight is 271 g/mol. The Bertz CT molecular complexity index is 284. The smallest absolute Gasteiger partial charge is 0.0231 e. The minimum absolute atomic E-state index is 0.283. The molecule has 0 aliphatic rings. The Morgan fingerprint density at radius 2 is 1.93 bits per heavy atom. The average Bonchev–Trinajstić information content (AvgIpc) is 2.21. The molecule has 0 heterocycles. The Balaban J connectivity index is 2.44. The fourth-order valence-corrected chi connectivity index (χ4v) is 1.76. The van der Waals surface area contributed by atoms with E-state index in [0.29, 0.717) is 0 Å². The first-order valence-electron chi connectivity index (χ1n) is 5.30. The van der Waals surface area contributed by atoms with Crippen molar-refractivity contribution in [2.24, 2.45) is 5.73 Å². The molecule has 1 rings (SSSR count). The van der Waals surface area contributed by atoms with E-state index in [1.165, 1.54) is 5.56 Å². The fourth-order valence-electron chi connectivity index (χ4n) is 1.50. The van der Waals surface area contributed by atoms with Crippen LogP contribution in [0.15, 0.2) is 28.7 Å². The maximum absolute atomic E-state index is 5.90. The van der Waals surface area contributed by atoms with Crippen molar-refractivity contribution in [3.05, 3.63) is 34.3 Å². The van der Waals surface area contributed by atoms with Crippen molar-refractivity contribution in [1.29, 1.82) is 0 Å². The van der Waals surface area contributed by atoms with E-state index in [2.05, 4.69) is 59.1 Å². The number of likely N-dealkylation sites (N-methyl/N-ethyl adjacent to an activating group) is 1. The van der Waals surface area contributed by atoms with Crippen LogP contribution in [0.1, 0.15) is 18.9 Å². The Kier molecular flexibility index (Phi) is 5.29. The molecule has 2 nitrogen and oxygen atoms in total. The van der Waals surface area contributed by atoms with Crippen LogP contribution in [0.2, 0.25) is 0 Å². The summed E-state index contributed by atoms with van der Waals surface area (Å²) in [4.78, 5) is 2.26. The number of nitrogens with two attached hydrogens (primary N) is 1. The lowest BCUT2D eigenvalue weighted by atomic mass is 10.2. The Labute approximate surface area is 101 Å². The lowest BCUT2D eigenvalue weighted by molar-refractivity contribution is 0.300. The molecule has 1 unspecified atom stereocenters. The van der Waals surface area contributed by atoms with Crippen molar-refractivity contribution < 1.29 is 0 Å². The second-order valence-electron chi connectivity index (χ2n) is 3.99. The molecule has 0 spiro atoms. The molecular weight excluding hydrogens is 252 g/mol. The maximum atomic E-state index is 5.90. The number of halogens is 1. The van der Waals surface area contributed by atoms with Crippen LogP contribution < -0.4 is 5.73 Å². The number of hydrogen-bond donors (Lipinski definition) is 1. The van der Waals surface area contributed by atoms with Crippen LogP contribution >= 0.6 is 15.9 Å². The van der Waals surface area contributed by atoms with Gasteiger partial charge in [-0.2, -0.15) is 0 Å². The highest BCUT2D eigenvalue weighted by Gasteiger charge is 2.04. The van der Waals surface area contributed by atoms with Gasteiger partial charge in [0.05, 0.1) is 0 Å². The molecule has 0 radical (unpaired) electrons. The summed E-state index contributed by atoms with van der Waals surface area (Å²) in [6.45, 7) is 4.03. The second-order valence-corrected chi connectivity index (χ2v) is 4.91. The lowest BCUT2D eigenvalue weighted by Gasteiger charge is -2.20. The lowest BCUT2D eigenvalue weighted by Crippen LogP contribution is -2.34. The number of nitrogens with zero attached hydrogens (tertiary/aromatic N) is 1. The quantitative estimate of drug-likeness (QED) is 0.892. The third-order valence-corrected chi connectivity index (χ3v) is 2.96. The molecule has 1 aromatic rings. The first-order valence-corrected chi connectivity index (χ1v) is 6.09. The van der Waals surface area contributed by atoms with Gasteiger partial charge in [-0.05, 0) is 31.2 Å². The predicted octanol–water partition coefficient (Wildman–Crippen LogP) is 2.62. The van der Waals surface area contributed by atoms with E-state index < -0.39 is 0 Å². The molecule has 0 fully saturated rings. The second kappa shape index (κ2) is 6.26. The minimum atomic E-state index is 0.283. The summed E-state index contributed by atoms with van der Waals surface area (Å²) in [6, 6.07) is 8.70. The molecular formula is C12H19BrN2. The van der Waals surface area contributed by atoms with Gasteiger partial charge >= 0.3 is 0 Å². The molecule has 15 heavy (non-hydrogen) atoms. The predicted molar refractivity (Wildman–Crippen MR) is 68.7 cm³/mol. The number of benzene rings is 1. The highest BCUT2D eigenvalue weighted by molar-refractivity contribution is 9.10. The highest BCUT2D eigenvalue weighted by atomic mass is 79.9. The zero-order chi connectivity index (χ0) is 11.3. The standard InChI is InChI=1S/C12H19BrN2/c1-3-12(14)9-15(2)8-10-4-6-11(13)7-5-10/h4-7,12H,3,8-9,14H2,1-2H3. The van der Waals surface area contributed by atoms with Crippen LogP contribution in [0, 0.1) is 0 Å². The number of hydrogen-bond acceptors (Lipinski definition) is 2. The SMILES string of the molecule is CCC(N)CN(C)Cc1ccc(Br)cc1. The van der Waals surface area contributed by atoms with E-state index in [9.17, 15) is 0 Å². The van der Waals surface area contributed by atoms with Crippen molar-refractivity contribution >= 4 is 15.9 Å². The normalized spacial score (nSPS) is 13.1. The first-order chi connectivity index (χ1) is 7.11. The van der Waals surface area contributed by atoms with Gasteiger partial charge in [0.1, 0.15) is 0 Å². The van der Waals surface area contributed by atoms with Gasteiger partial charge < -0.3 is 10.6 Å². The molecule has 0 aromatic heterocycles. The van der Waals surface area contributed by atoms with Gasteiger partial charge in [-0.25, -0.2) is 0 Å². The summed E-state index contributed by atoms with van der Waals surface area (Å²) in [5.74, 6) is 0. The van der Waals surface area contributed by atoms with Crippen LogP contribution in [-0.2, 0) is 6.54 Å². The van der Waals surface area contributed by atoms with Crippen molar-refractivity contribution in [3.63, 3.8) is 0 Å². The van der Waals surface area contributed by atoms with Gasteiger partial charge in [-0.15, -0.1) is 0 Å². The van der Waals surface area contributed by atoms with Crippen molar-refractivity contribution in [3.8, 4) is 0 Å². The Hall–Kier alpha value is -0.380. The largest absolute Gasteiger partial charge is 0.327 e. The van der Waals surface area contributed by atoms with Gasteiger partial charge in [-0.3, -0.25) is 0 Å².